The predicted molar refractivity (Wildman–Crippen MR) is 63.9 cm³/mol. The van der Waals surface area contributed by atoms with E-state index in [1.807, 2.05) is 0 Å². The van der Waals surface area contributed by atoms with Gasteiger partial charge in [-0.1, -0.05) is 15.9 Å². The van der Waals surface area contributed by atoms with E-state index in [0.29, 0.717) is 5.33 Å². The molecule has 0 amide bonds. The average molecular weight is 308 g/mol. The fourth-order valence-corrected chi connectivity index (χ4v) is 4.06. The van der Waals surface area contributed by atoms with E-state index in [4.69, 9.17) is 0 Å². The Labute approximate surface area is 103 Å². The van der Waals surface area contributed by atoms with E-state index in [0.717, 1.165) is 19.3 Å². The molecule has 0 bridgehead atoms. The van der Waals surface area contributed by atoms with Crippen LogP contribution in [0.5, 0.6) is 0 Å². The van der Waals surface area contributed by atoms with Crippen LogP contribution in [-0.4, -0.2) is 28.8 Å². The third kappa shape index (κ3) is 2.16. The zero-order valence-corrected chi connectivity index (χ0v) is 11.4. The normalized spacial score (nSPS) is 19.4. The van der Waals surface area contributed by atoms with E-state index in [1.165, 1.54) is 12.5 Å². The van der Waals surface area contributed by atoms with Crippen molar-refractivity contribution in [3.8, 4) is 0 Å². The summed E-state index contributed by atoms with van der Waals surface area (Å²) in [5, 5.41) is 0.730. The Kier molecular flexibility index (Phi) is 3.11. The molecule has 1 aromatic heterocycles. The van der Waals surface area contributed by atoms with Crippen LogP contribution >= 0.6 is 15.9 Å². The highest BCUT2D eigenvalue weighted by molar-refractivity contribution is 9.09. The minimum Gasteiger partial charge on any atom is -0.339 e. The number of aryl methyl sites for hydroxylation is 1. The maximum absolute atomic E-state index is 12.0. The van der Waals surface area contributed by atoms with Gasteiger partial charge in [-0.3, -0.25) is 0 Å². The molecule has 1 aromatic rings. The van der Waals surface area contributed by atoms with Gasteiger partial charge in [0.1, 0.15) is 0 Å². The third-order valence-electron chi connectivity index (χ3n) is 2.87. The summed E-state index contributed by atoms with van der Waals surface area (Å²) < 4.78 is 28.4. The lowest BCUT2D eigenvalue weighted by Gasteiger charge is -2.40. The second-order valence-electron chi connectivity index (χ2n) is 4.25. The van der Waals surface area contributed by atoms with Gasteiger partial charge in [0.2, 0.25) is 0 Å². The number of alkyl halides is 1. The summed E-state index contributed by atoms with van der Waals surface area (Å²) in [6.45, 7) is 0. The van der Waals surface area contributed by atoms with Gasteiger partial charge in [0, 0.05) is 24.1 Å². The molecule has 90 valence electrons. The Morgan fingerprint density at radius 3 is 2.69 bits per heavy atom. The van der Waals surface area contributed by atoms with Crippen LogP contribution in [0.3, 0.4) is 0 Å². The lowest BCUT2D eigenvalue weighted by atomic mass is 9.80. The third-order valence-corrected chi connectivity index (χ3v) is 5.41. The number of sulfonamides is 1. The van der Waals surface area contributed by atoms with Crippen molar-refractivity contribution in [3.05, 3.63) is 12.5 Å². The molecule has 0 atom stereocenters. The minimum absolute atomic E-state index is 0.0854. The van der Waals surface area contributed by atoms with Gasteiger partial charge in [-0.15, -0.1) is 0 Å². The van der Waals surface area contributed by atoms with Crippen molar-refractivity contribution in [2.24, 2.45) is 7.05 Å². The topological polar surface area (TPSA) is 64.0 Å². The molecule has 1 aliphatic rings. The number of imidazole rings is 1. The first kappa shape index (κ1) is 12.1. The van der Waals surface area contributed by atoms with E-state index in [9.17, 15) is 8.42 Å². The monoisotopic (exact) mass is 307 g/mol. The van der Waals surface area contributed by atoms with E-state index >= 15 is 0 Å². The van der Waals surface area contributed by atoms with Crippen LogP contribution in [0.4, 0.5) is 0 Å². The van der Waals surface area contributed by atoms with Gasteiger partial charge in [0.15, 0.2) is 5.03 Å². The maximum Gasteiger partial charge on any atom is 0.260 e. The summed E-state index contributed by atoms with van der Waals surface area (Å²) in [5.74, 6) is 0. The van der Waals surface area contributed by atoms with Crippen molar-refractivity contribution in [2.45, 2.75) is 29.8 Å². The first-order valence-corrected chi connectivity index (χ1v) is 7.66. The Morgan fingerprint density at radius 2 is 2.31 bits per heavy atom. The highest BCUT2D eigenvalue weighted by atomic mass is 79.9. The highest BCUT2D eigenvalue weighted by Crippen LogP contribution is 2.34. The number of nitrogens with zero attached hydrogens (tertiary/aromatic N) is 2. The number of hydrogen-bond donors (Lipinski definition) is 1. The Hall–Kier alpha value is -0.400. The summed E-state index contributed by atoms with van der Waals surface area (Å²) in [5.41, 5.74) is -0.309. The van der Waals surface area contributed by atoms with Crippen LogP contribution in [0.2, 0.25) is 0 Å². The second kappa shape index (κ2) is 4.12. The Morgan fingerprint density at radius 1 is 1.62 bits per heavy atom. The smallest absolute Gasteiger partial charge is 0.260 e. The molecule has 1 fully saturated rings. The molecule has 5 nitrogen and oxygen atoms in total. The zero-order chi connectivity index (χ0) is 11.8. The first-order valence-electron chi connectivity index (χ1n) is 5.05. The van der Waals surface area contributed by atoms with Gasteiger partial charge in [-0.2, -0.15) is 0 Å². The van der Waals surface area contributed by atoms with Crippen molar-refractivity contribution in [2.75, 3.05) is 5.33 Å². The highest BCUT2D eigenvalue weighted by Gasteiger charge is 2.40. The minimum atomic E-state index is -3.48. The van der Waals surface area contributed by atoms with Crippen LogP contribution in [0.1, 0.15) is 19.3 Å². The van der Waals surface area contributed by atoms with Crippen LogP contribution < -0.4 is 4.72 Å². The van der Waals surface area contributed by atoms with Gasteiger partial charge in [-0.25, -0.2) is 18.1 Å². The molecule has 1 saturated carbocycles. The van der Waals surface area contributed by atoms with Gasteiger partial charge in [-0.05, 0) is 19.3 Å². The summed E-state index contributed by atoms with van der Waals surface area (Å²) in [6, 6.07) is 0. The summed E-state index contributed by atoms with van der Waals surface area (Å²) >= 11 is 3.36. The molecular weight excluding hydrogens is 294 g/mol. The number of nitrogens with one attached hydrogen (secondary N) is 1. The molecule has 0 saturated heterocycles. The molecule has 16 heavy (non-hydrogen) atoms. The van der Waals surface area contributed by atoms with Crippen molar-refractivity contribution in [1.82, 2.24) is 14.3 Å². The molecule has 0 radical (unpaired) electrons. The number of rotatable bonds is 4. The molecule has 0 unspecified atom stereocenters. The number of halogens is 1. The molecule has 1 heterocycles. The summed E-state index contributed by atoms with van der Waals surface area (Å²) in [6.07, 6.45) is 5.81. The van der Waals surface area contributed by atoms with Crippen molar-refractivity contribution in [1.29, 1.82) is 0 Å². The Bertz CT molecular complexity index is 473. The lowest BCUT2D eigenvalue weighted by molar-refractivity contribution is 0.256. The van der Waals surface area contributed by atoms with Gasteiger partial charge in [0.05, 0.1) is 6.33 Å². The molecule has 1 N–H and O–H groups in total. The van der Waals surface area contributed by atoms with Gasteiger partial charge >= 0.3 is 0 Å². The molecular formula is C9H14BrN3O2S. The quantitative estimate of drug-likeness (QED) is 0.845. The molecule has 1 aliphatic carbocycles. The maximum atomic E-state index is 12.0. The van der Waals surface area contributed by atoms with E-state index in [1.54, 1.807) is 11.6 Å². The van der Waals surface area contributed by atoms with Crippen LogP contribution in [-0.2, 0) is 17.1 Å². The van der Waals surface area contributed by atoms with E-state index in [-0.39, 0.29) is 10.6 Å². The fourth-order valence-electron chi connectivity index (χ4n) is 1.73. The van der Waals surface area contributed by atoms with Gasteiger partial charge in [0.25, 0.3) is 10.0 Å². The molecule has 0 spiro atoms. The SMILES string of the molecule is Cn1cnc(S(=O)(=O)NC2(CBr)CCC2)c1. The molecule has 0 aliphatic heterocycles. The van der Waals surface area contributed by atoms with Crippen LogP contribution in [0.25, 0.3) is 0 Å². The number of aromatic nitrogens is 2. The standard InChI is InChI=1S/C9H14BrN3O2S/c1-13-5-8(11-7-13)16(14,15)12-9(6-10)3-2-4-9/h5,7,12H,2-4,6H2,1H3. The molecule has 7 heteroatoms. The Balaban J connectivity index is 2.20. The average Bonchev–Trinajstić information content (AvgIpc) is 2.59. The van der Waals surface area contributed by atoms with E-state index < -0.39 is 10.0 Å². The molecule has 0 aromatic carbocycles. The molecule has 2 rings (SSSR count). The van der Waals surface area contributed by atoms with Crippen LogP contribution in [0, 0.1) is 0 Å². The predicted octanol–water partition coefficient (Wildman–Crippen LogP) is 1.02. The lowest BCUT2D eigenvalue weighted by Crippen LogP contribution is -2.54. The van der Waals surface area contributed by atoms with Crippen LogP contribution in [0.15, 0.2) is 17.6 Å². The second-order valence-corrected chi connectivity index (χ2v) is 6.44. The summed E-state index contributed by atoms with van der Waals surface area (Å²) in [4.78, 5) is 3.86. The zero-order valence-electron chi connectivity index (χ0n) is 8.98. The van der Waals surface area contributed by atoms with Crippen molar-refractivity contribution >= 4 is 26.0 Å². The van der Waals surface area contributed by atoms with Gasteiger partial charge < -0.3 is 4.57 Å². The van der Waals surface area contributed by atoms with Crippen molar-refractivity contribution in [3.63, 3.8) is 0 Å². The summed E-state index contributed by atoms with van der Waals surface area (Å²) in [7, 11) is -1.74. The van der Waals surface area contributed by atoms with E-state index in [2.05, 4.69) is 25.6 Å². The fraction of sp³-hybridized carbons (Fsp3) is 0.667. The van der Waals surface area contributed by atoms with Crippen molar-refractivity contribution < 1.29 is 8.42 Å². The number of hydrogen-bond acceptors (Lipinski definition) is 3. The first-order chi connectivity index (χ1) is 7.47. The largest absolute Gasteiger partial charge is 0.339 e.